The SMILES string of the molecule is COCCCNC(=O)c1ccc(S(=O)(=O)C2CCS(=O)(=O)C2)cc1. The summed E-state index contributed by atoms with van der Waals surface area (Å²) in [5.74, 6) is -0.728. The van der Waals surface area contributed by atoms with Crippen LogP contribution in [0.15, 0.2) is 29.2 Å². The zero-order chi connectivity index (χ0) is 17.8. The Hall–Kier alpha value is -1.45. The molecule has 1 heterocycles. The van der Waals surface area contributed by atoms with Gasteiger partial charge in [-0.05, 0) is 37.1 Å². The van der Waals surface area contributed by atoms with E-state index in [1.165, 1.54) is 24.3 Å². The number of carbonyl (C=O) groups is 1. The Labute approximate surface area is 142 Å². The largest absolute Gasteiger partial charge is 0.385 e. The van der Waals surface area contributed by atoms with E-state index in [9.17, 15) is 21.6 Å². The third kappa shape index (κ3) is 4.55. The second-order valence-electron chi connectivity index (χ2n) is 5.70. The minimum atomic E-state index is -3.70. The molecule has 1 aliphatic rings. The highest BCUT2D eigenvalue weighted by Crippen LogP contribution is 2.25. The first-order chi connectivity index (χ1) is 11.3. The summed E-state index contributed by atoms with van der Waals surface area (Å²) in [6.07, 6.45) is 0.803. The Kier molecular flexibility index (Phi) is 6.00. The van der Waals surface area contributed by atoms with Crippen molar-refractivity contribution >= 4 is 25.6 Å². The first kappa shape index (κ1) is 18.9. The van der Waals surface area contributed by atoms with Gasteiger partial charge in [-0.25, -0.2) is 16.8 Å². The molecule has 0 saturated carbocycles. The molecule has 1 unspecified atom stereocenters. The molecule has 1 atom stereocenters. The molecule has 1 aliphatic heterocycles. The summed E-state index contributed by atoms with van der Waals surface area (Å²) in [6.45, 7) is 1.01. The van der Waals surface area contributed by atoms with E-state index >= 15 is 0 Å². The fourth-order valence-corrected chi connectivity index (χ4v) is 6.87. The van der Waals surface area contributed by atoms with Gasteiger partial charge in [0, 0.05) is 25.8 Å². The van der Waals surface area contributed by atoms with Crippen LogP contribution in [0.4, 0.5) is 0 Å². The molecule has 24 heavy (non-hydrogen) atoms. The molecular weight excluding hydrogens is 354 g/mol. The van der Waals surface area contributed by atoms with Gasteiger partial charge in [0.05, 0.1) is 21.7 Å². The van der Waals surface area contributed by atoms with Crippen molar-refractivity contribution in [1.82, 2.24) is 5.32 Å². The molecule has 1 fully saturated rings. The van der Waals surface area contributed by atoms with Crippen molar-refractivity contribution < 1.29 is 26.4 Å². The second kappa shape index (κ2) is 7.62. The van der Waals surface area contributed by atoms with Crippen LogP contribution in [0.3, 0.4) is 0 Å². The van der Waals surface area contributed by atoms with Crippen LogP contribution >= 0.6 is 0 Å². The molecule has 1 aromatic carbocycles. The van der Waals surface area contributed by atoms with Gasteiger partial charge < -0.3 is 10.1 Å². The van der Waals surface area contributed by atoms with Gasteiger partial charge in [-0.2, -0.15) is 0 Å². The topological polar surface area (TPSA) is 107 Å². The molecule has 7 nitrogen and oxygen atoms in total. The second-order valence-corrected chi connectivity index (χ2v) is 10.2. The minimum absolute atomic E-state index is 0.0422. The maximum absolute atomic E-state index is 12.5. The average Bonchev–Trinajstić information content (AvgIpc) is 2.92. The average molecular weight is 375 g/mol. The summed E-state index contributed by atoms with van der Waals surface area (Å²) >= 11 is 0. The third-order valence-corrected chi connectivity index (χ3v) is 8.07. The Bertz CT molecular complexity index is 784. The van der Waals surface area contributed by atoms with E-state index in [2.05, 4.69) is 5.32 Å². The molecule has 9 heteroatoms. The van der Waals surface area contributed by atoms with Gasteiger partial charge in [0.25, 0.3) is 5.91 Å². The van der Waals surface area contributed by atoms with Crippen molar-refractivity contribution in [1.29, 1.82) is 0 Å². The number of benzene rings is 1. The number of amides is 1. The molecule has 134 valence electrons. The van der Waals surface area contributed by atoms with Crippen LogP contribution in [0.2, 0.25) is 0 Å². The van der Waals surface area contributed by atoms with Gasteiger partial charge in [-0.15, -0.1) is 0 Å². The molecular formula is C15H21NO6S2. The van der Waals surface area contributed by atoms with Crippen LogP contribution in [0, 0.1) is 0 Å². The van der Waals surface area contributed by atoms with Crippen molar-refractivity contribution in [2.45, 2.75) is 23.0 Å². The molecule has 0 aliphatic carbocycles. The van der Waals surface area contributed by atoms with Crippen molar-refractivity contribution in [3.63, 3.8) is 0 Å². The van der Waals surface area contributed by atoms with Crippen molar-refractivity contribution in [3.8, 4) is 0 Å². The van der Waals surface area contributed by atoms with Crippen LogP contribution in [0.1, 0.15) is 23.2 Å². The molecule has 0 bridgehead atoms. The summed E-state index contributed by atoms with van der Waals surface area (Å²) in [4.78, 5) is 12.0. The Morgan fingerprint density at radius 2 is 1.96 bits per heavy atom. The Morgan fingerprint density at radius 3 is 2.50 bits per heavy atom. The fourth-order valence-electron chi connectivity index (χ4n) is 2.51. The van der Waals surface area contributed by atoms with Gasteiger partial charge in [-0.1, -0.05) is 0 Å². The number of hydrogen-bond donors (Lipinski definition) is 1. The minimum Gasteiger partial charge on any atom is -0.385 e. The van der Waals surface area contributed by atoms with Gasteiger partial charge in [-0.3, -0.25) is 4.79 Å². The third-order valence-electron chi connectivity index (χ3n) is 3.89. The van der Waals surface area contributed by atoms with E-state index in [4.69, 9.17) is 4.74 Å². The standard InChI is InChI=1S/C15H21NO6S2/c1-22-9-2-8-16-15(17)12-3-5-13(6-4-12)24(20,21)14-7-10-23(18,19)11-14/h3-6,14H,2,7-11H2,1H3,(H,16,17). The van der Waals surface area contributed by atoms with E-state index in [0.717, 1.165) is 0 Å². The van der Waals surface area contributed by atoms with Crippen LogP contribution in [0.5, 0.6) is 0 Å². The Morgan fingerprint density at radius 1 is 1.29 bits per heavy atom. The zero-order valence-corrected chi connectivity index (χ0v) is 15.0. The van der Waals surface area contributed by atoms with E-state index in [1.54, 1.807) is 7.11 Å². The molecule has 1 amide bonds. The van der Waals surface area contributed by atoms with Crippen molar-refractivity contribution in [2.24, 2.45) is 0 Å². The number of sulfone groups is 2. The number of hydrogen-bond acceptors (Lipinski definition) is 6. The van der Waals surface area contributed by atoms with E-state index in [0.29, 0.717) is 25.1 Å². The number of carbonyl (C=O) groups excluding carboxylic acids is 1. The summed E-state index contributed by atoms with van der Waals surface area (Å²) in [5, 5.41) is 1.80. The predicted octanol–water partition coefficient (Wildman–Crippen LogP) is 0.414. The van der Waals surface area contributed by atoms with Gasteiger partial charge in [0.15, 0.2) is 19.7 Å². The maximum atomic E-state index is 12.5. The number of methoxy groups -OCH3 is 1. The monoisotopic (exact) mass is 375 g/mol. The zero-order valence-electron chi connectivity index (χ0n) is 13.4. The molecule has 1 aromatic rings. The van der Waals surface area contributed by atoms with Crippen LogP contribution in [0.25, 0.3) is 0 Å². The molecule has 1 N–H and O–H groups in total. The number of ether oxygens (including phenoxy) is 1. The lowest BCUT2D eigenvalue weighted by Crippen LogP contribution is -2.25. The lowest BCUT2D eigenvalue weighted by atomic mass is 10.2. The summed E-state index contributed by atoms with van der Waals surface area (Å²) in [7, 11) is -5.40. The normalized spacial score (nSPS) is 20.0. The van der Waals surface area contributed by atoms with Gasteiger partial charge >= 0.3 is 0 Å². The highest BCUT2D eigenvalue weighted by Gasteiger charge is 2.37. The first-order valence-electron chi connectivity index (χ1n) is 7.58. The van der Waals surface area contributed by atoms with Crippen LogP contribution in [-0.4, -0.2) is 59.8 Å². The van der Waals surface area contributed by atoms with E-state index in [1.807, 2.05) is 0 Å². The Balaban J connectivity index is 2.05. The highest BCUT2D eigenvalue weighted by molar-refractivity contribution is 7.96. The highest BCUT2D eigenvalue weighted by atomic mass is 32.2. The van der Waals surface area contributed by atoms with E-state index in [-0.39, 0.29) is 28.7 Å². The molecule has 0 radical (unpaired) electrons. The summed E-state index contributed by atoms with van der Waals surface area (Å²) in [5.41, 5.74) is 0.352. The van der Waals surface area contributed by atoms with Crippen LogP contribution < -0.4 is 5.32 Å². The lowest BCUT2D eigenvalue weighted by molar-refractivity contribution is 0.0948. The smallest absolute Gasteiger partial charge is 0.251 e. The van der Waals surface area contributed by atoms with Crippen molar-refractivity contribution in [2.75, 3.05) is 31.8 Å². The van der Waals surface area contributed by atoms with Crippen LogP contribution in [-0.2, 0) is 24.4 Å². The summed E-state index contributed by atoms with van der Waals surface area (Å²) in [6, 6.07) is 5.57. The first-order valence-corrected chi connectivity index (χ1v) is 10.9. The molecule has 0 spiro atoms. The van der Waals surface area contributed by atoms with Crippen molar-refractivity contribution in [3.05, 3.63) is 29.8 Å². The van der Waals surface area contributed by atoms with Gasteiger partial charge in [0.2, 0.25) is 0 Å². The molecule has 1 saturated heterocycles. The number of rotatable bonds is 7. The molecule has 0 aromatic heterocycles. The molecule has 2 rings (SSSR count). The maximum Gasteiger partial charge on any atom is 0.251 e. The van der Waals surface area contributed by atoms with E-state index < -0.39 is 24.9 Å². The number of nitrogens with one attached hydrogen (secondary N) is 1. The lowest BCUT2D eigenvalue weighted by Gasteiger charge is -2.11. The predicted molar refractivity (Wildman–Crippen MR) is 89.5 cm³/mol. The summed E-state index contributed by atoms with van der Waals surface area (Å²) < 4.78 is 52.8. The fraction of sp³-hybridized carbons (Fsp3) is 0.533. The quantitative estimate of drug-likeness (QED) is 0.692. The van der Waals surface area contributed by atoms with Gasteiger partial charge in [0.1, 0.15) is 0 Å².